The molecule has 0 saturated carbocycles. The van der Waals surface area contributed by atoms with Crippen LogP contribution in [0, 0.1) is 6.92 Å². The van der Waals surface area contributed by atoms with Crippen molar-refractivity contribution in [1.82, 2.24) is 5.32 Å². The van der Waals surface area contributed by atoms with E-state index in [1.807, 2.05) is 13.0 Å². The maximum absolute atomic E-state index is 9.53. The third kappa shape index (κ3) is 1.26. The Balaban J connectivity index is 2.19. The molecule has 0 bridgehead atoms. The van der Waals surface area contributed by atoms with Crippen LogP contribution in [0.25, 0.3) is 0 Å². The van der Waals surface area contributed by atoms with Crippen LogP contribution in [-0.2, 0) is 0 Å². The molecular weight excluding hydrogens is 154 g/mol. The lowest BCUT2D eigenvalue weighted by Crippen LogP contribution is -2.15. The number of β-amino-alcohol motifs (C(OH)–C–C–N with tert-alkyl or cyclic N) is 1. The predicted molar refractivity (Wildman–Crippen MR) is 45.1 cm³/mol. The molecule has 2 atom stereocenters. The molecule has 1 fully saturated rings. The van der Waals surface area contributed by atoms with Gasteiger partial charge in [-0.15, -0.1) is 0 Å². The molecule has 0 amide bonds. The van der Waals surface area contributed by atoms with Gasteiger partial charge in [-0.3, -0.25) is 0 Å². The van der Waals surface area contributed by atoms with E-state index in [1.165, 1.54) is 0 Å². The second kappa shape index (κ2) is 2.92. The van der Waals surface area contributed by atoms with Gasteiger partial charge >= 0.3 is 0 Å². The molecule has 0 aliphatic carbocycles. The average molecular weight is 167 g/mol. The quantitative estimate of drug-likeness (QED) is 0.645. The fourth-order valence-corrected chi connectivity index (χ4v) is 1.60. The van der Waals surface area contributed by atoms with Crippen molar-refractivity contribution >= 4 is 0 Å². The average Bonchev–Trinajstić information content (AvgIpc) is 2.58. The number of nitrogens with one attached hydrogen (secondary N) is 1. The van der Waals surface area contributed by atoms with Gasteiger partial charge in [0.15, 0.2) is 0 Å². The normalized spacial score (nSPS) is 29.5. The monoisotopic (exact) mass is 167 g/mol. The number of rotatable bonds is 1. The molecule has 1 aromatic heterocycles. The first-order valence-electron chi connectivity index (χ1n) is 4.21. The van der Waals surface area contributed by atoms with Crippen molar-refractivity contribution < 1.29 is 9.52 Å². The van der Waals surface area contributed by atoms with Gasteiger partial charge in [0, 0.05) is 13.1 Å². The summed E-state index contributed by atoms with van der Waals surface area (Å²) in [6, 6.07) is 1.99. The molecule has 3 heteroatoms. The van der Waals surface area contributed by atoms with Gasteiger partial charge in [0.25, 0.3) is 0 Å². The minimum Gasteiger partial charge on any atom is -0.469 e. The Morgan fingerprint density at radius 1 is 1.58 bits per heavy atom. The second-order valence-electron chi connectivity index (χ2n) is 3.36. The topological polar surface area (TPSA) is 45.4 Å². The van der Waals surface area contributed by atoms with Crippen molar-refractivity contribution in [2.24, 2.45) is 0 Å². The maximum atomic E-state index is 9.53. The van der Waals surface area contributed by atoms with Crippen molar-refractivity contribution in [3.05, 3.63) is 23.7 Å². The first kappa shape index (κ1) is 7.83. The van der Waals surface area contributed by atoms with E-state index in [4.69, 9.17) is 4.42 Å². The fraction of sp³-hybridized carbons (Fsp3) is 0.556. The van der Waals surface area contributed by atoms with Crippen LogP contribution in [0.1, 0.15) is 17.2 Å². The van der Waals surface area contributed by atoms with Crippen molar-refractivity contribution in [3.8, 4) is 0 Å². The zero-order valence-electron chi connectivity index (χ0n) is 7.08. The maximum Gasteiger partial charge on any atom is 0.111 e. The SMILES string of the molecule is Cc1coc([C@@H]2CNC[C@H]2O)c1. The van der Waals surface area contributed by atoms with Gasteiger partial charge in [-0.1, -0.05) is 0 Å². The number of furan rings is 1. The summed E-state index contributed by atoms with van der Waals surface area (Å²) in [5.74, 6) is 1.03. The minimum atomic E-state index is -0.296. The Hall–Kier alpha value is -0.800. The summed E-state index contributed by atoms with van der Waals surface area (Å²) in [5, 5.41) is 12.6. The van der Waals surface area contributed by atoms with Gasteiger partial charge < -0.3 is 14.8 Å². The van der Waals surface area contributed by atoms with Crippen LogP contribution >= 0.6 is 0 Å². The molecule has 66 valence electrons. The lowest BCUT2D eigenvalue weighted by atomic mass is 10.0. The van der Waals surface area contributed by atoms with Crippen molar-refractivity contribution in [1.29, 1.82) is 0 Å². The molecule has 12 heavy (non-hydrogen) atoms. The Kier molecular flexibility index (Phi) is 1.90. The molecule has 0 radical (unpaired) electrons. The Morgan fingerprint density at radius 3 is 2.92 bits per heavy atom. The molecule has 0 aromatic carbocycles. The Bertz CT molecular complexity index is 269. The van der Waals surface area contributed by atoms with Gasteiger partial charge in [0.05, 0.1) is 18.3 Å². The summed E-state index contributed by atoms with van der Waals surface area (Å²) in [6.45, 7) is 3.47. The van der Waals surface area contributed by atoms with Crippen molar-refractivity contribution in [3.63, 3.8) is 0 Å². The molecular formula is C9H13NO2. The van der Waals surface area contributed by atoms with Gasteiger partial charge in [0.1, 0.15) is 5.76 Å². The molecule has 0 unspecified atom stereocenters. The van der Waals surface area contributed by atoms with E-state index < -0.39 is 0 Å². The number of aryl methyl sites for hydroxylation is 1. The molecule has 2 heterocycles. The van der Waals surface area contributed by atoms with Crippen LogP contribution in [0.15, 0.2) is 16.7 Å². The molecule has 2 rings (SSSR count). The molecule has 1 aliphatic heterocycles. The van der Waals surface area contributed by atoms with Gasteiger partial charge in [0.2, 0.25) is 0 Å². The van der Waals surface area contributed by atoms with Crippen LogP contribution in [0.2, 0.25) is 0 Å². The van der Waals surface area contributed by atoms with E-state index >= 15 is 0 Å². The van der Waals surface area contributed by atoms with Gasteiger partial charge in [-0.2, -0.15) is 0 Å². The first-order chi connectivity index (χ1) is 5.77. The van der Waals surface area contributed by atoms with Gasteiger partial charge in [-0.05, 0) is 18.6 Å². The smallest absolute Gasteiger partial charge is 0.111 e. The minimum absolute atomic E-state index is 0.138. The Labute approximate surface area is 71.4 Å². The molecule has 1 aromatic rings. The Morgan fingerprint density at radius 2 is 2.42 bits per heavy atom. The number of aliphatic hydroxyl groups excluding tert-OH is 1. The van der Waals surface area contributed by atoms with Crippen LogP contribution in [-0.4, -0.2) is 24.3 Å². The molecule has 0 spiro atoms. The lowest BCUT2D eigenvalue weighted by Gasteiger charge is -2.08. The van der Waals surface area contributed by atoms with E-state index in [-0.39, 0.29) is 12.0 Å². The number of hydrogen-bond acceptors (Lipinski definition) is 3. The molecule has 1 aliphatic rings. The number of hydrogen-bond donors (Lipinski definition) is 2. The van der Waals surface area contributed by atoms with E-state index in [1.54, 1.807) is 6.26 Å². The van der Waals surface area contributed by atoms with E-state index in [9.17, 15) is 5.11 Å². The summed E-state index contributed by atoms with van der Waals surface area (Å²) >= 11 is 0. The van der Waals surface area contributed by atoms with Crippen molar-refractivity contribution in [2.45, 2.75) is 18.9 Å². The summed E-state index contributed by atoms with van der Waals surface area (Å²) in [4.78, 5) is 0. The van der Waals surface area contributed by atoms with Crippen LogP contribution < -0.4 is 5.32 Å². The predicted octanol–water partition coefficient (Wildman–Crippen LogP) is 0.636. The van der Waals surface area contributed by atoms with Crippen LogP contribution in [0.3, 0.4) is 0 Å². The molecule has 1 saturated heterocycles. The van der Waals surface area contributed by atoms with E-state index in [0.717, 1.165) is 17.9 Å². The summed E-state index contributed by atoms with van der Waals surface area (Å²) < 4.78 is 5.32. The van der Waals surface area contributed by atoms with Crippen molar-refractivity contribution in [2.75, 3.05) is 13.1 Å². The van der Waals surface area contributed by atoms with E-state index in [0.29, 0.717) is 6.54 Å². The zero-order valence-corrected chi connectivity index (χ0v) is 7.08. The standard InChI is InChI=1S/C9H13NO2/c1-6-2-9(12-5-6)7-3-10-4-8(7)11/h2,5,7-8,10-11H,3-4H2,1H3/t7-,8-/m1/s1. The molecule has 2 N–H and O–H groups in total. The molecule has 3 nitrogen and oxygen atoms in total. The highest BCUT2D eigenvalue weighted by molar-refractivity contribution is 5.17. The summed E-state index contributed by atoms with van der Waals surface area (Å²) in [5.41, 5.74) is 1.11. The zero-order chi connectivity index (χ0) is 8.55. The highest BCUT2D eigenvalue weighted by Crippen LogP contribution is 2.24. The highest BCUT2D eigenvalue weighted by Gasteiger charge is 2.28. The van der Waals surface area contributed by atoms with Gasteiger partial charge in [-0.25, -0.2) is 0 Å². The third-order valence-corrected chi connectivity index (χ3v) is 2.30. The van der Waals surface area contributed by atoms with Crippen LogP contribution in [0.4, 0.5) is 0 Å². The first-order valence-corrected chi connectivity index (χ1v) is 4.21. The number of aliphatic hydroxyl groups is 1. The fourth-order valence-electron chi connectivity index (χ4n) is 1.60. The highest BCUT2D eigenvalue weighted by atomic mass is 16.3. The largest absolute Gasteiger partial charge is 0.469 e. The summed E-state index contributed by atoms with van der Waals surface area (Å²) in [7, 11) is 0. The summed E-state index contributed by atoms with van der Waals surface area (Å²) in [6.07, 6.45) is 1.43. The van der Waals surface area contributed by atoms with Crippen LogP contribution in [0.5, 0.6) is 0 Å². The van der Waals surface area contributed by atoms with E-state index in [2.05, 4.69) is 5.32 Å². The third-order valence-electron chi connectivity index (χ3n) is 2.30. The lowest BCUT2D eigenvalue weighted by molar-refractivity contribution is 0.168. The second-order valence-corrected chi connectivity index (χ2v) is 3.36.